The number of carboxylic acid groups (broad SMARTS) is 3. The maximum Gasteiger partial charge on any atom is 0.340 e. The Morgan fingerprint density at radius 1 is 0.778 bits per heavy atom. The molecule has 0 fully saturated rings. The summed E-state index contributed by atoms with van der Waals surface area (Å²) in [5, 5.41) is 27.9. The van der Waals surface area contributed by atoms with E-state index in [1.165, 1.54) is 30.3 Å². The summed E-state index contributed by atoms with van der Waals surface area (Å²) in [5.41, 5.74) is -2.00. The van der Waals surface area contributed by atoms with Crippen molar-refractivity contribution in [1.82, 2.24) is 0 Å². The molecular formula is C18H14O9. The Labute approximate surface area is 152 Å². The molecule has 0 amide bonds. The molecule has 0 spiro atoms. The van der Waals surface area contributed by atoms with Gasteiger partial charge in [-0.25, -0.2) is 19.2 Å². The summed E-state index contributed by atoms with van der Waals surface area (Å²) < 4.78 is 10.2. The number of esters is 1. The third kappa shape index (κ3) is 4.03. The van der Waals surface area contributed by atoms with E-state index in [9.17, 15) is 29.4 Å². The minimum absolute atomic E-state index is 0.0206. The third-order valence-corrected chi connectivity index (χ3v) is 3.43. The molecule has 27 heavy (non-hydrogen) atoms. The lowest BCUT2D eigenvalue weighted by molar-refractivity contribution is 0.0513. The highest BCUT2D eigenvalue weighted by Crippen LogP contribution is 2.32. The number of hydrogen-bond donors (Lipinski definition) is 3. The second-order valence-electron chi connectivity index (χ2n) is 5.10. The van der Waals surface area contributed by atoms with E-state index < -0.39 is 40.6 Å². The number of rotatable bonds is 7. The average Bonchev–Trinajstić information content (AvgIpc) is 2.61. The molecule has 0 saturated carbocycles. The van der Waals surface area contributed by atoms with Crippen LogP contribution in [0.15, 0.2) is 36.4 Å². The predicted octanol–water partition coefficient (Wildman–Crippen LogP) is 2.75. The molecule has 9 nitrogen and oxygen atoms in total. The van der Waals surface area contributed by atoms with Crippen LogP contribution >= 0.6 is 0 Å². The monoisotopic (exact) mass is 374 g/mol. The van der Waals surface area contributed by atoms with Crippen LogP contribution in [0.2, 0.25) is 0 Å². The Balaban J connectivity index is 2.62. The van der Waals surface area contributed by atoms with Crippen molar-refractivity contribution in [2.45, 2.75) is 6.92 Å². The second kappa shape index (κ2) is 8.00. The number of carbonyl (C=O) groups is 4. The largest absolute Gasteiger partial charge is 0.478 e. The van der Waals surface area contributed by atoms with Crippen molar-refractivity contribution in [3.8, 4) is 11.5 Å². The number of carbonyl (C=O) groups excluding carboxylic acids is 1. The smallest absolute Gasteiger partial charge is 0.340 e. The van der Waals surface area contributed by atoms with Crippen molar-refractivity contribution in [3.05, 3.63) is 58.7 Å². The highest BCUT2D eigenvalue weighted by molar-refractivity contribution is 6.05. The Kier molecular flexibility index (Phi) is 5.76. The first-order valence-electron chi connectivity index (χ1n) is 7.58. The van der Waals surface area contributed by atoms with E-state index in [4.69, 9.17) is 14.6 Å². The molecule has 9 heteroatoms. The van der Waals surface area contributed by atoms with E-state index in [1.54, 1.807) is 6.92 Å². The van der Waals surface area contributed by atoms with Crippen LogP contribution in [0.25, 0.3) is 0 Å². The summed E-state index contributed by atoms with van der Waals surface area (Å²) in [6.07, 6.45) is 0. The van der Waals surface area contributed by atoms with Crippen molar-refractivity contribution in [1.29, 1.82) is 0 Å². The van der Waals surface area contributed by atoms with Gasteiger partial charge in [-0.1, -0.05) is 12.1 Å². The van der Waals surface area contributed by atoms with Gasteiger partial charge in [-0.15, -0.1) is 0 Å². The summed E-state index contributed by atoms with van der Waals surface area (Å²) in [7, 11) is 0. The zero-order valence-corrected chi connectivity index (χ0v) is 14.0. The summed E-state index contributed by atoms with van der Waals surface area (Å²) >= 11 is 0. The summed E-state index contributed by atoms with van der Waals surface area (Å²) in [6, 6.07) is 7.27. The molecule has 0 unspecified atom stereocenters. The molecule has 0 aromatic heterocycles. The molecule has 0 bridgehead atoms. The SMILES string of the molecule is CCOC(=O)c1cccc(Oc2cccc(C(=O)O)c2C(=O)O)c1C(=O)O. The molecule has 0 aliphatic rings. The Hall–Kier alpha value is -3.88. The molecule has 2 aromatic carbocycles. The Morgan fingerprint density at radius 2 is 1.26 bits per heavy atom. The highest BCUT2D eigenvalue weighted by Gasteiger charge is 2.26. The van der Waals surface area contributed by atoms with Crippen LogP contribution in [-0.2, 0) is 4.74 Å². The molecule has 0 aliphatic heterocycles. The number of ether oxygens (including phenoxy) is 2. The first kappa shape index (κ1) is 19.4. The zero-order chi connectivity index (χ0) is 20.1. The van der Waals surface area contributed by atoms with Crippen LogP contribution in [0.1, 0.15) is 48.4 Å². The lowest BCUT2D eigenvalue weighted by Gasteiger charge is -2.14. The maximum atomic E-state index is 12.0. The van der Waals surface area contributed by atoms with E-state index in [0.29, 0.717) is 0 Å². The molecule has 0 radical (unpaired) electrons. The van der Waals surface area contributed by atoms with Gasteiger partial charge in [-0.3, -0.25) is 0 Å². The van der Waals surface area contributed by atoms with Crippen LogP contribution in [-0.4, -0.2) is 45.8 Å². The molecule has 0 atom stereocenters. The van der Waals surface area contributed by atoms with Gasteiger partial charge >= 0.3 is 23.9 Å². The molecule has 0 heterocycles. The summed E-state index contributed by atoms with van der Waals surface area (Å²) in [6.45, 7) is 1.57. The van der Waals surface area contributed by atoms with Gasteiger partial charge in [0.25, 0.3) is 0 Å². The van der Waals surface area contributed by atoms with Gasteiger partial charge in [0.15, 0.2) is 0 Å². The van der Waals surface area contributed by atoms with Gasteiger partial charge in [0.05, 0.1) is 17.7 Å². The minimum atomic E-state index is -1.57. The van der Waals surface area contributed by atoms with Crippen LogP contribution in [0.5, 0.6) is 11.5 Å². The fraction of sp³-hybridized carbons (Fsp3) is 0.111. The average molecular weight is 374 g/mol. The van der Waals surface area contributed by atoms with Gasteiger partial charge in [-0.05, 0) is 31.2 Å². The van der Waals surface area contributed by atoms with E-state index in [1.807, 2.05) is 0 Å². The van der Waals surface area contributed by atoms with Gasteiger partial charge in [0.1, 0.15) is 22.6 Å². The molecule has 0 aliphatic carbocycles. The zero-order valence-electron chi connectivity index (χ0n) is 14.0. The van der Waals surface area contributed by atoms with E-state index in [2.05, 4.69) is 0 Å². The predicted molar refractivity (Wildman–Crippen MR) is 89.8 cm³/mol. The first-order valence-corrected chi connectivity index (χ1v) is 7.58. The molecule has 2 rings (SSSR count). The van der Waals surface area contributed by atoms with Gasteiger partial charge < -0.3 is 24.8 Å². The van der Waals surface area contributed by atoms with Gasteiger partial charge in [-0.2, -0.15) is 0 Å². The topological polar surface area (TPSA) is 147 Å². The minimum Gasteiger partial charge on any atom is -0.478 e. The van der Waals surface area contributed by atoms with E-state index >= 15 is 0 Å². The number of aromatic carboxylic acids is 3. The van der Waals surface area contributed by atoms with Crippen molar-refractivity contribution in [3.63, 3.8) is 0 Å². The normalized spacial score (nSPS) is 10.1. The fourth-order valence-corrected chi connectivity index (χ4v) is 2.35. The number of hydrogen-bond acceptors (Lipinski definition) is 6. The summed E-state index contributed by atoms with van der Waals surface area (Å²) in [4.78, 5) is 46.3. The molecule has 0 saturated heterocycles. The summed E-state index contributed by atoms with van der Waals surface area (Å²) in [5.74, 6) is -6.17. The van der Waals surface area contributed by atoms with Crippen molar-refractivity contribution in [2.75, 3.05) is 6.61 Å². The highest BCUT2D eigenvalue weighted by atomic mass is 16.5. The van der Waals surface area contributed by atoms with Crippen LogP contribution in [0.4, 0.5) is 0 Å². The van der Waals surface area contributed by atoms with Gasteiger partial charge in [0.2, 0.25) is 0 Å². The van der Waals surface area contributed by atoms with Crippen molar-refractivity contribution >= 4 is 23.9 Å². The third-order valence-electron chi connectivity index (χ3n) is 3.43. The van der Waals surface area contributed by atoms with Gasteiger partial charge in [0, 0.05) is 0 Å². The lowest BCUT2D eigenvalue weighted by atomic mass is 10.0. The van der Waals surface area contributed by atoms with Crippen molar-refractivity contribution < 1.29 is 44.0 Å². The molecular weight excluding hydrogens is 360 g/mol. The quantitative estimate of drug-likeness (QED) is 0.622. The number of benzene rings is 2. The fourth-order valence-electron chi connectivity index (χ4n) is 2.35. The van der Waals surface area contributed by atoms with Crippen LogP contribution < -0.4 is 4.74 Å². The standard InChI is InChI=1S/C18H14O9/c1-2-26-18(25)10-6-4-8-12(14(10)17(23)24)27-11-7-3-5-9(15(19)20)13(11)16(21)22/h3-8H,2H2,1H3,(H,19,20)(H,21,22)(H,23,24). The number of carboxylic acids is 3. The lowest BCUT2D eigenvalue weighted by Crippen LogP contribution is -2.14. The molecule has 140 valence electrons. The Morgan fingerprint density at radius 3 is 1.70 bits per heavy atom. The van der Waals surface area contributed by atoms with Crippen molar-refractivity contribution in [2.24, 2.45) is 0 Å². The van der Waals surface area contributed by atoms with Crippen LogP contribution in [0, 0.1) is 0 Å². The van der Waals surface area contributed by atoms with E-state index in [-0.39, 0.29) is 23.7 Å². The first-order chi connectivity index (χ1) is 12.8. The van der Waals surface area contributed by atoms with E-state index in [0.717, 1.165) is 6.07 Å². The Bertz CT molecular complexity index is 930. The second-order valence-corrected chi connectivity index (χ2v) is 5.10. The maximum absolute atomic E-state index is 12.0. The molecule has 3 N–H and O–H groups in total. The molecule has 2 aromatic rings. The van der Waals surface area contributed by atoms with Crippen LogP contribution in [0.3, 0.4) is 0 Å².